The summed E-state index contributed by atoms with van der Waals surface area (Å²) < 4.78 is 0. The Morgan fingerprint density at radius 3 is 2.80 bits per heavy atom. The van der Waals surface area contributed by atoms with Gasteiger partial charge in [0, 0.05) is 24.8 Å². The minimum atomic E-state index is 0.250. The topological polar surface area (TPSA) is 52.8 Å². The molecule has 80 valence electrons. The Hall–Kier alpha value is -1.34. The molecule has 0 saturated carbocycles. The quantitative estimate of drug-likeness (QED) is 0.736. The Bertz CT molecular complexity index is 352. The zero-order chi connectivity index (χ0) is 11.3. The molecule has 0 atom stereocenters. The summed E-state index contributed by atoms with van der Waals surface area (Å²) in [6.07, 6.45) is 0.481. The van der Waals surface area contributed by atoms with Crippen LogP contribution in [0, 0.1) is 18.3 Å². The average Bonchev–Trinajstić information content (AvgIpc) is 2.17. The Balaban J connectivity index is 2.87. The van der Waals surface area contributed by atoms with E-state index in [-0.39, 0.29) is 5.28 Å². The fourth-order valence-electron chi connectivity index (χ4n) is 1.30. The zero-order valence-electron chi connectivity index (χ0n) is 8.87. The number of rotatable bonds is 4. The van der Waals surface area contributed by atoms with Gasteiger partial charge in [-0.1, -0.05) is 0 Å². The van der Waals surface area contributed by atoms with Gasteiger partial charge in [0.05, 0.1) is 12.5 Å². The molecule has 0 radical (unpaired) electrons. The molecule has 1 heterocycles. The highest BCUT2D eigenvalue weighted by atomic mass is 35.5. The normalized spacial score (nSPS) is 9.73. The number of halogens is 1. The Labute approximate surface area is 94.5 Å². The molecule has 0 bridgehead atoms. The second-order valence-corrected chi connectivity index (χ2v) is 3.46. The first-order chi connectivity index (χ1) is 7.17. The van der Waals surface area contributed by atoms with Gasteiger partial charge >= 0.3 is 0 Å². The van der Waals surface area contributed by atoms with Crippen LogP contribution in [-0.4, -0.2) is 23.1 Å². The summed E-state index contributed by atoms with van der Waals surface area (Å²) in [5.74, 6) is 0.783. The summed E-state index contributed by atoms with van der Waals surface area (Å²) in [4.78, 5) is 10.1. The minimum Gasteiger partial charge on any atom is -0.356 e. The van der Waals surface area contributed by atoms with Gasteiger partial charge < -0.3 is 4.90 Å². The summed E-state index contributed by atoms with van der Waals surface area (Å²) in [5, 5.41) is 8.78. The molecule has 15 heavy (non-hydrogen) atoms. The summed E-state index contributed by atoms with van der Waals surface area (Å²) in [6.45, 7) is 5.35. The van der Waals surface area contributed by atoms with Crippen molar-refractivity contribution < 1.29 is 0 Å². The number of aromatic nitrogens is 2. The third-order valence-corrected chi connectivity index (χ3v) is 2.18. The van der Waals surface area contributed by atoms with Crippen molar-refractivity contribution >= 4 is 17.4 Å². The molecule has 0 N–H and O–H groups in total. The molecule has 4 nitrogen and oxygen atoms in total. The van der Waals surface area contributed by atoms with Crippen LogP contribution in [0.25, 0.3) is 0 Å². The summed E-state index contributed by atoms with van der Waals surface area (Å²) in [6, 6.07) is 3.98. The third-order valence-electron chi connectivity index (χ3n) is 2.01. The van der Waals surface area contributed by atoms with E-state index >= 15 is 0 Å². The number of hydrogen-bond donors (Lipinski definition) is 0. The molecule has 1 rings (SSSR count). The van der Waals surface area contributed by atoms with Gasteiger partial charge in [0.15, 0.2) is 0 Å². The lowest BCUT2D eigenvalue weighted by Crippen LogP contribution is -2.25. The van der Waals surface area contributed by atoms with E-state index in [1.54, 1.807) is 0 Å². The third kappa shape index (κ3) is 3.37. The maximum atomic E-state index is 8.53. The largest absolute Gasteiger partial charge is 0.356 e. The number of anilines is 1. The number of nitrogens with zero attached hydrogens (tertiary/aromatic N) is 4. The first kappa shape index (κ1) is 11.7. The van der Waals surface area contributed by atoms with E-state index in [1.165, 1.54) is 0 Å². The van der Waals surface area contributed by atoms with Gasteiger partial charge in [-0.15, -0.1) is 0 Å². The predicted molar refractivity (Wildman–Crippen MR) is 59.9 cm³/mol. The predicted octanol–water partition coefficient (Wildman–Crippen LogP) is 2.18. The van der Waals surface area contributed by atoms with Crippen LogP contribution in [0.2, 0.25) is 5.28 Å². The molecule has 0 fully saturated rings. The maximum Gasteiger partial charge on any atom is 0.224 e. The van der Waals surface area contributed by atoms with Crippen LogP contribution in [0.5, 0.6) is 0 Å². The van der Waals surface area contributed by atoms with Crippen LogP contribution in [-0.2, 0) is 0 Å². The van der Waals surface area contributed by atoms with Crippen molar-refractivity contribution in [2.24, 2.45) is 0 Å². The van der Waals surface area contributed by atoms with Gasteiger partial charge in [0.2, 0.25) is 5.28 Å². The van der Waals surface area contributed by atoms with Gasteiger partial charge in [0.1, 0.15) is 5.82 Å². The van der Waals surface area contributed by atoms with Gasteiger partial charge in [-0.3, -0.25) is 0 Å². The molecule has 1 aromatic heterocycles. The molecular weight excluding hydrogens is 212 g/mol. The molecule has 0 spiro atoms. The van der Waals surface area contributed by atoms with E-state index in [0.717, 1.165) is 18.1 Å². The van der Waals surface area contributed by atoms with Crippen molar-refractivity contribution in [1.29, 1.82) is 5.26 Å². The first-order valence-electron chi connectivity index (χ1n) is 4.80. The second-order valence-electron chi connectivity index (χ2n) is 3.12. The van der Waals surface area contributed by atoms with E-state index in [0.29, 0.717) is 13.0 Å². The average molecular weight is 225 g/mol. The lowest BCUT2D eigenvalue weighted by Gasteiger charge is -2.20. The smallest absolute Gasteiger partial charge is 0.224 e. The standard InChI is InChI=1S/C10H13ClN4/c1-3-15(6-4-5-12)9-7-8(2)13-10(11)14-9/h7H,3-4,6H2,1-2H3. The molecule has 0 saturated heterocycles. The van der Waals surface area contributed by atoms with Gasteiger partial charge in [-0.05, 0) is 25.4 Å². The highest BCUT2D eigenvalue weighted by Gasteiger charge is 2.07. The molecule has 0 unspecified atom stereocenters. The van der Waals surface area contributed by atoms with Crippen LogP contribution in [0.15, 0.2) is 6.07 Å². The molecule has 0 aliphatic carbocycles. The van der Waals surface area contributed by atoms with Crippen molar-refractivity contribution in [2.75, 3.05) is 18.0 Å². The lowest BCUT2D eigenvalue weighted by molar-refractivity contribution is 0.805. The monoisotopic (exact) mass is 224 g/mol. The van der Waals surface area contributed by atoms with E-state index < -0.39 is 0 Å². The van der Waals surface area contributed by atoms with Crippen LogP contribution in [0.1, 0.15) is 19.0 Å². The van der Waals surface area contributed by atoms with E-state index in [9.17, 15) is 0 Å². The van der Waals surface area contributed by atoms with Crippen molar-refractivity contribution in [2.45, 2.75) is 20.3 Å². The molecule has 0 aliphatic heterocycles. The van der Waals surface area contributed by atoms with E-state index in [2.05, 4.69) is 16.0 Å². The molecule has 0 aliphatic rings. The Morgan fingerprint density at radius 1 is 1.53 bits per heavy atom. The summed E-state index contributed by atoms with van der Waals surface area (Å²) in [5.41, 5.74) is 0.834. The van der Waals surface area contributed by atoms with E-state index in [1.807, 2.05) is 24.8 Å². The fourth-order valence-corrected chi connectivity index (χ4v) is 1.52. The van der Waals surface area contributed by atoms with Crippen LogP contribution in [0.4, 0.5) is 5.82 Å². The molecule has 1 aromatic rings. The number of nitriles is 1. The minimum absolute atomic E-state index is 0.250. The molecule has 0 aromatic carbocycles. The van der Waals surface area contributed by atoms with Crippen LogP contribution in [0.3, 0.4) is 0 Å². The van der Waals surface area contributed by atoms with Crippen LogP contribution >= 0.6 is 11.6 Å². The van der Waals surface area contributed by atoms with Gasteiger partial charge in [-0.2, -0.15) is 5.26 Å². The number of aryl methyl sites for hydroxylation is 1. The van der Waals surface area contributed by atoms with Gasteiger partial charge in [0.25, 0.3) is 0 Å². The second kappa shape index (κ2) is 5.52. The zero-order valence-corrected chi connectivity index (χ0v) is 9.62. The lowest BCUT2D eigenvalue weighted by atomic mass is 10.3. The van der Waals surface area contributed by atoms with Crippen molar-refractivity contribution in [3.05, 3.63) is 17.0 Å². The molecular formula is C10H13ClN4. The van der Waals surface area contributed by atoms with E-state index in [4.69, 9.17) is 16.9 Å². The van der Waals surface area contributed by atoms with Crippen molar-refractivity contribution in [3.63, 3.8) is 0 Å². The molecule has 5 heteroatoms. The summed E-state index contributed by atoms with van der Waals surface area (Å²) in [7, 11) is 0. The van der Waals surface area contributed by atoms with Gasteiger partial charge in [-0.25, -0.2) is 9.97 Å². The molecule has 0 amide bonds. The van der Waals surface area contributed by atoms with Crippen LogP contribution < -0.4 is 4.90 Å². The fraction of sp³-hybridized carbons (Fsp3) is 0.500. The highest BCUT2D eigenvalue weighted by Crippen LogP contribution is 2.14. The highest BCUT2D eigenvalue weighted by molar-refractivity contribution is 6.28. The van der Waals surface area contributed by atoms with Crippen molar-refractivity contribution in [1.82, 2.24) is 9.97 Å². The number of hydrogen-bond acceptors (Lipinski definition) is 4. The SMILES string of the molecule is CCN(CCC#N)c1cc(C)nc(Cl)n1. The Kier molecular flexibility index (Phi) is 4.32. The first-order valence-corrected chi connectivity index (χ1v) is 5.18. The maximum absolute atomic E-state index is 8.53. The Morgan fingerprint density at radius 2 is 2.27 bits per heavy atom. The summed E-state index contributed by atoms with van der Waals surface area (Å²) >= 11 is 5.77. The van der Waals surface area contributed by atoms with Crippen molar-refractivity contribution in [3.8, 4) is 6.07 Å².